The smallest absolute Gasteiger partial charge is 0.273 e. The molecule has 0 aliphatic rings. The molecule has 2 rings (SSSR count). The molecule has 2 aromatic rings. The van der Waals surface area contributed by atoms with Crippen molar-refractivity contribution in [2.45, 2.75) is 0 Å². The molecule has 0 spiro atoms. The third-order valence-corrected chi connectivity index (χ3v) is 3.87. The van der Waals surface area contributed by atoms with Crippen LogP contribution in [-0.2, 0) is 0 Å². The minimum atomic E-state index is -0.371. The van der Waals surface area contributed by atoms with E-state index in [-0.39, 0.29) is 5.91 Å². The molecule has 4 nitrogen and oxygen atoms in total. The van der Waals surface area contributed by atoms with Crippen molar-refractivity contribution in [2.24, 2.45) is 5.10 Å². The number of hydrogen-bond donors (Lipinski definition) is 2. The zero-order valence-electron chi connectivity index (χ0n) is 11.5. The normalized spacial score (nSPS) is 11.2. The highest BCUT2D eigenvalue weighted by Crippen LogP contribution is 2.28. The maximum Gasteiger partial charge on any atom is 0.273 e. The number of hydrogen-bond acceptors (Lipinski definition) is 3. The summed E-state index contributed by atoms with van der Waals surface area (Å²) in [4.78, 5) is 12.0. The SMILES string of the molecule is Nc1c(Br)cc(Br)cc1C(=O)N/N=C\C=C\c1ccccc1. The van der Waals surface area contributed by atoms with Gasteiger partial charge in [0, 0.05) is 15.2 Å². The van der Waals surface area contributed by atoms with Crippen LogP contribution in [0.5, 0.6) is 0 Å². The molecule has 0 radical (unpaired) electrons. The lowest BCUT2D eigenvalue weighted by atomic mass is 10.2. The summed E-state index contributed by atoms with van der Waals surface area (Å²) in [6, 6.07) is 13.2. The number of anilines is 1. The predicted molar refractivity (Wildman–Crippen MR) is 97.7 cm³/mol. The second-order valence-corrected chi connectivity index (χ2v) is 6.11. The first-order valence-electron chi connectivity index (χ1n) is 6.37. The van der Waals surface area contributed by atoms with Gasteiger partial charge in [0.05, 0.1) is 11.3 Å². The fourth-order valence-electron chi connectivity index (χ4n) is 1.69. The van der Waals surface area contributed by atoms with Gasteiger partial charge >= 0.3 is 0 Å². The molecule has 0 atom stereocenters. The summed E-state index contributed by atoms with van der Waals surface area (Å²) in [5.41, 5.74) is 10.1. The molecule has 0 saturated carbocycles. The number of carbonyl (C=O) groups is 1. The van der Waals surface area contributed by atoms with Gasteiger partial charge in [0.15, 0.2) is 0 Å². The summed E-state index contributed by atoms with van der Waals surface area (Å²) in [6.07, 6.45) is 5.14. The lowest BCUT2D eigenvalue weighted by Gasteiger charge is -2.06. The monoisotopic (exact) mass is 421 g/mol. The zero-order valence-corrected chi connectivity index (χ0v) is 14.6. The Hall–Kier alpha value is -1.92. The summed E-state index contributed by atoms with van der Waals surface area (Å²) in [5.74, 6) is -0.371. The van der Waals surface area contributed by atoms with Crippen LogP contribution >= 0.6 is 31.9 Å². The van der Waals surface area contributed by atoms with Gasteiger partial charge in [-0.25, -0.2) is 5.43 Å². The molecule has 0 fully saturated rings. The maximum atomic E-state index is 12.0. The van der Waals surface area contributed by atoms with Crippen LogP contribution in [0, 0.1) is 0 Å². The molecule has 0 aliphatic carbocycles. The Morgan fingerprint density at radius 1 is 1.18 bits per heavy atom. The van der Waals surface area contributed by atoms with Crippen molar-refractivity contribution < 1.29 is 4.79 Å². The van der Waals surface area contributed by atoms with Crippen molar-refractivity contribution in [2.75, 3.05) is 5.73 Å². The van der Waals surface area contributed by atoms with E-state index >= 15 is 0 Å². The van der Waals surface area contributed by atoms with E-state index in [4.69, 9.17) is 5.73 Å². The van der Waals surface area contributed by atoms with E-state index in [1.807, 2.05) is 36.4 Å². The largest absolute Gasteiger partial charge is 0.397 e. The number of nitrogen functional groups attached to an aromatic ring is 1. The van der Waals surface area contributed by atoms with Gasteiger partial charge in [-0.3, -0.25) is 4.79 Å². The Morgan fingerprint density at radius 2 is 1.91 bits per heavy atom. The molecule has 22 heavy (non-hydrogen) atoms. The highest BCUT2D eigenvalue weighted by atomic mass is 79.9. The van der Waals surface area contributed by atoms with Crippen LogP contribution in [0.15, 0.2) is 62.6 Å². The van der Waals surface area contributed by atoms with Crippen LogP contribution < -0.4 is 11.2 Å². The van der Waals surface area contributed by atoms with Crippen LogP contribution in [0.1, 0.15) is 15.9 Å². The average molecular weight is 423 g/mol. The molecule has 0 heterocycles. The molecule has 0 aromatic heterocycles. The predicted octanol–water partition coefficient (Wildman–Crippen LogP) is 4.22. The molecular formula is C16H13Br2N3O. The van der Waals surface area contributed by atoms with E-state index in [2.05, 4.69) is 42.4 Å². The maximum absolute atomic E-state index is 12.0. The summed E-state index contributed by atoms with van der Waals surface area (Å²) in [7, 11) is 0. The number of hydrazone groups is 1. The molecule has 0 aliphatic heterocycles. The van der Waals surface area contributed by atoms with Crippen molar-refractivity contribution in [1.29, 1.82) is 0 Å². The number of carbonyl (C=O) groups excluding carboxylic acids is 1. The number of nitrogens with zero attached hydrogens (tertiary/aromatic N) is 1. The molecule has 2 aromatic carbocycles. The second-order valence-electron chi connectivity index (χ2n) is 4.34. The van der Waals surface area contributed by atoms with E-state index in [0.717, 1.165) is 10.0 Å². The van der Waals surface area contributed by atoms with Crippen molar-refractivity contribution in [3.05, 3.63) is 68.6 Å². The Balaban J connectivity index is 1.98. The molecule has 0 unspecified atom stereocenters. The first-order chi connectivity index (χ1) is 10.6. The van der Waals surface area contributed by atoms with Crippen molar-refractivity contribution in [1.82, 2.24) is 5.43 Å². The van der Waals surface area contributed by atoms with Crippen LogP contribution in [0.2, 0.25) is 0 Å². The topological polar surface area (TPSA) is 67.5 Å². The molecule has 3 N–H and O–H groups in total. The van der Waals surface area contributed by atoms with Gasteiger partial charge in [0.2, 0.25) is 0 Å². The first-order valence-corrected chi connectivity index (χ1v) is 7.96. The van der Waals surface area contributed by atoms with E-state index in [1.165, 1.54) is 6.21 Å². The summed E-state index contributed by atoms with van der Waals surface area (Å²) in [6.45, 7) is 0. The Labute approximate surface area is 145 Å². The first kappa shape index (κ1) is 16.5. The van der Waals surface area contributed by atoms with Crippen molar-refractivity contribution in [3.63, 3.8) is 0 Å². The Morgan fingerprint density at radius 3 is 2.64 bits per heavy atom. The number of halogens is 2. The number of nitrogens with one attached hydrogen (secondary N) is 1. The number of allylic oxidation sites excluding steroid dienone is 1. The van der Waals surface area contributed by atoms with Gasteiger partial charge < -0.3 is 5.73 Å². The van der Waals surface area contributed by atoms with Crippen LogP contribution in [-0.4, -0.2) is 12.1 Å². The minimum Gasteiger partial charge on any atom is -0.397 e. The number of benzene rings is 2. The molecular weight excluding hydrogens is 410 g/mol. The molecule has 6 heteroatoms. The average Bonchev–Trinajstić information content (AvgIpc) is 2.51. The van der Waals surface area contributed by atoms with E-state index < -0.39 is 0 Å². The third-order valence-electron chi connectivity index (χ3n) is 2.75. The van der Waals surface area contributed by atoms with Gasteiger partial charge in [-0.05, 0) is 39.7 Å². The zero-order chi connectivity index (χ0) is 15.9. The Kier molecular flexibility index (Phi) is 5.91. The van der Waals surface area contributed by atoms with Gasteiger partial charge in [0.1, 0.15) is 0 Å². The molecule has 1 amide bonds. The molecule has 112 valence electrons. The van der Waals surface area contributed by atoms with Gasteiger partial charge in [-0.15, -0.1) is 0 Å². The van der Waals surface area contributed by atoms with Crippen LogP contribution in [0.4, 0.5) is 5.69 Å². The summed E-state index contributed by atoms with van der Waals surface area (Å²) >= 11 is 6.62. The Bertz CT molecular complexity index is 728. The number of nitrogens with two attached hydrogens (primary N) is 1. The van der Waals surface area contributed by atoms with E-state index in [0.29, 0.717) is 15.7 Å². The lowest BCUT2D eigenvalue weighted by molar-refractivity contribution is 0.0956. The van der Waals surface area contributed by atoms with Gasteiger partial charge in [-0.1, -0.05) is 52.3 Å². The van der Waals surface area contributed by atoms with Gasteiger partial charge in [0.25, 0.3) is 5.91 Å². The number of rotatable bonds is 4. The van der Waals surface area contributed by atoms with Crippen LogP contribution in [0.25, 0.3) is 6.08 Å². The number of amides is 1. The van der Waals surface area contributed by atoms with Gasteiger partial charge in [-0.2, -0.15) is 5.10 Å². The second kappa shape index (κ2) is 7.91. The molecule has 0 bridgehead atoms. The fourth-order valence-corrected chi connectivity index (χ4v) is 2.92. The molecule has 0 saturated heterocycles. The van der Waals surface area contributed by atoms with Crippen LogP contribution in [0.3, 0.4) is 0 Å². The lowest BCUT2D eigenvalue weighted by Crippen LogP contribution is -2.19. The highest BCUT2D eigenvalue weighted by Gasteiger charge is 2.12. The minimum absolute atomic E-state index is 0.352. The highest BCUT2D eigenvalue weighted by molar-refractivity contribution is 9.11. The van der Waals surface area contributed by atoms with Crippen molar-refractivity contribution >= 4 is 55.7 Å². The van der Waals surface area contributed by atoms with E-state index in [9.17, 15) is 4.79 Å². The van der Waals surface area contributed by atoms with E-state index in [1.54, 1.807) is 18.2 Å². The quantitative estimate of drug-likeness (QED) is 0.440. The standard InChI is InChI=1S/C16H13Br2N3O/c17-12-9-13(15(19)14(18)10-12)16(22)21-20-8-4-7-11-5-2-1-3-6-11/h1-10H,19H2,(H,21,22)/b7-4+,20-8-. The summed E-state index contributed by atoms with van der Waals surface area (Å²) in [5, 5.41) is 3.87. The van der Waals surface area contributed by atoms with Crippen molar-refractivity contribution in [3.8, 4) is 0 Å². The third kappa shape index (κ3) is 4.54. The summed E-state index contributed by atoms with van der Waals surface area (Å²) < 4.78 is 1.41. The fraction of sp³-hybridized carbons (Fsp3) is 0.